The summed E-state index contributed by atoms with van der Waals surface area (Å²) in [4.78, 5) is 0. The lowest BCUT2D eigenvalue weighted by Crippen LogP contribution is -1.79. The molecule has 0 atom stereocenters. The maximum atomic E-state index is 6.22. The van der Waals surface area contributed by atoms with Crippen LogP contribution in [0.1, 0.15) is 0 Å². The van der Waals surface area contributed by atoms with Crippen LogP contribution < -0.4 is 0 Å². The molecule has 0 aliphatic heterocycles. The summed E-state index contributed by atoms with van der Waals surface area (Å²) >= 11 is 42.7. The fourth-order valence-corrected chi connectivity index (χ4v) is 3.64. The Balaban J connectivity index is 2.72. The summed E-state index contributed by atoms with van der Waals surface area (Å²) in [5.41, 5.74) is 0.574. The minimum Gasteiger partial charge on any atom is -0.453 e. The molecule has 0 N–H and O–H groups in total. The molecular formula is C12HCl7O. The lowest BCUT2D eigenvalue weighted by molar-refractivity contribution is 0.669. The fraction of sp³-hybridized carbons (Fsp3) is 0. The standard InChI is InChI=1S/C12HCl7O/c13-2-1-3(14)11-4(6(2)15)5-7(16)8(17)9(18)10(19)12(5)20-11/h1H/i1+1,2+1,3+1,4+1,5+1,6+1,7+1,8+1,9+1,10+1,11+1,12+1. The van der Waals surface area contributed by atoms with Crippen molar-refractivity contribution in [3.63, 3.8) is 0 Å². The second-order valence-electron chi connectivity index (χ2n) is 3.92. The molecule has 0 aliphatic carbocycles. The van der Waals surface area contributed by atoms with Crippen LogP contribution >= 0.6 is 81.2 Å². The Morgan fingerprint density at radius 3 is 1.75 bits per heavy atom. The van der Waals surface area contributed by atoms with Crippen molar-refractivity contribution < 1.29 is 4.42 Å². The Bertz CT molecular complexity index is 881. The first kappa shape index (κ1) is 15.2. The summed E-state index contributed by atoms with van der Waals surface area (Å²) in [6.07, 6.45) is 0. The molecule has 0 aliphatic rings. The molecule has 1 aromatic heterocycles. The molecule has 0 bridgehead atoms. The zero-order valence-electron chi connectivity index (χ0n) is 9.13. The lowest BCUT2D eigenvalue weighted by atomic mass is 11.1. The van der Waals surface area contributed by atoms with Gasteiger partial charge in [-0.2, -0.15) is 0 Å². The van der Waals surface area contributed by atoms with Gasteiger partial charge in [-0.3, -0.25) is 0 Å². The molecule has 20 heavy (non-hydrogen) atoms. The Kier molecular flexibility index (Phi) is 3.92. The van der Waals surface area contributed by atoms with Gasteiger partial charge in [-0.1, -0.05) is 81.2 Å². The highest BCUT2D eigenvalue weighted by molar-refractivity contribution is 6.57. The van der Waals surface area contributed by atoms with Crippen molar-refractivity contribution in [3.05, 3.63) is 41.2 Å². The first-order valence-corrected chi connectivity index (χ1v) is 7.70. The number of hydrogen-bond donors (Lipinski definition) is 0. The highest BCUT2D eigenvalue weighted by Gasteiger charge is 2.24. The molecule has 0 spiro atoms. The zero-order valence-corrected chi connectivity index (χ0v) is 14.4. The van der Waals surface area contributed by atoms with E-state index >= 15 is 0 Å². The number of furan rings is 1. The van der Waals surface area contributed by atoms with Crippen molar-refractivity contribution in [3.8, 4) is 0 Å². The number of benzene rings is 2. The van der Waals surface area contributed by atoms with Crippen molar-refractivity contribution in [1.82, 2.24) is 0 Å². The first-order valence-electron chi connectivity index (χ1n) is 5.06. The first-order chi connectivity index (χ1) is 9.34. The Morgan fingerprint density at radius 1 is 0.550 bits per heavy atom. The van der Waals surface area contributed by atoms with Gasteiger partial charge in [-0.15, -0.1) is 0 Å². The van der Waals surface area contributed by atoms with Crippen LogP contribution in [0, 0.1) is 0 Å². The molecule has 8 heteroatoms. The van der Waals surface area contributed by atoms with E-state index in [-0.39, 0.29) is 40.7 Å². The van der Waals surface area contributed by atoms with Crippen LogP contribution in [-0.2, 0) is 0 Å². The van der Waals surface area contributed by atoms with Crippen molar-refractivity contribution in [2.24, 2.45) is 0 Å². The molecule has 3 aromatic rings. The summed E-state index contributed by atoms with van der Waals surface area (Å²) in [5.74, 6) is 0. The summed E-state index contributed by atoms with van der Waals surface area (Å²) in [6, 6.07) is 1.47. The van der Waals surface area contributed by atoms with Crippen molar-refractivity contribution in [2.75, 3.05) is 0 Å². The average Bonchev–Trinajstić information content (AvgIpc) is 2.81. The minimum absolute atomic E-state index is 0.100. The molecule has 3 rings (SSSR count). The molecule has 1 heterocycles. The normalized spacial score (nSPS) is 11.8. The molecule has 0 radical (unpaired) electrons. The molecule has 2 aromatic carbocycles. The monoisotopic (exact) mass is 418 g/mol. The quantitative estimate of drug-likeness (QED) is 0.264. The third kappa shape index (κ3) is 1.99. The largest absolute Gasteiger partial charge is 0.453 e. The van der Waals surface area contributed by atoms with Gasteiger partial charge in [0.25, 0.3) is 0 Å². The van der Waals surface area contributed by atoms with Crippen LogP contribution in [0.3, 0.4) is 0 Å². The number of fused-ring (bicyclic) bond motifs is 3. The van der Waals surface area contributed by atoms with E-state index in [2.05, 4.69) is 0 Å². The zero-order chi connectivity index (χ0) is 14.8. The van der Waals surface area contributed by atoms with Crippen LogP contribution in [0.5, 0.6) is 0 Å². The minimum atomic E-state index is 0.100. The SMILES string of the molecule is Cl[13c]1[13cH][13c](Cl)[13c]2o[13c]3[13c](Cl)[13c](Cl)[13c](Cl)[13c](Cl)[13c]3[13c]2[13c]1Cl. The van der Waals surface area contributed by atoms with Crippen molar-refractivity contribution in [1.29, 1.82) is 0 Å². The van der Waals surface area contributed by atoms with E-state index in [1.54, 1.807) is 0 Å². The second kappa shape index (κ2) is 5.17. The summed E-state index contributed by atoms with van der Waals surface area (Å²) in [7, 11) is 0. The van der Waals surface area contributed by atoms with Gasteiger partial charge in [0.1, 0.15) is 5.02 Å². The van der Waals surface area contributed by atoms with E-state index < -0.39 is 0 Å². The maximum absolute atomic E-state index is 6.22. The molecule has 0 saturated heterocycles. The number of hydrogen-bond acceptors (Lipinski definition) is 1. The van der Waals surface area contributed by atoms with E-state index in [4.69, 9.17) is 85.6 Å². The van der Waals surface area contributed by atoms with Crippen LogP contribution in [0.2, 0.25) is 35.2 Å². The van der Waals surface area contributed by atoms with E-state index in [9.17, 15) is 0 Å². The maximum Gasteiger partial charge on any atom is 0.157 e. The smallest absolute Gasteiger partial charge is 0.157 e. The van der Waals surface area contributed by atoms with Gasteiger partial charge < -0.3 is 4.42 Å². The van der Waals surface area contributed by atoms with Gasteiger partial charge in [0.15, 0.2) is 11.2 Å². The fourth-order valence-electron chi connectivity index (χ4n) is 1.93. The third-order valence-corrected chi connectivity index (χ3v) is 5.66. The summed E-state index contributed by atoms with van der Waals surface area (Å²) in [6.45, 7) is 0. The van der Waals surface area contributed by atoms with Crippen molar-refractivity contribution >= 4 is 103 Å². The highest BCUT2D eigenvalue weighted by Crippen LogP contribution is 2.50. The van der Waals surface area contributed by atoms with Crippen molar-refractivity contribution in [2.45, 2.75) is 0 Å². The Hall–Kier alpha value is 0.270. The van der Waals surface area contributed by atoms with Gasteiger partial charge >= 0.3 is 0 Å². The lowest BCUT2D eigenvalue weighted by Gasteiger charge is -2.04. The molecule has 1 nitrogen and oxygen atoms in total. The molecule has 0 fully saturated rings. The van der Waals surface area contributed by atoms with E-state index in [0.717, 1.165) is 0 Å². The average molecular weight is 421 g/mol. The Morgan fingerprint density at radius 2 is 1.10 bits per heavy atom. The van der Waals surface area contributed by atoms with Gasteiger partial charge in [0, 0.05) is 0 Å². The molecule has 0 saturated carbocycles. The summed E-state index contributed by atoms with van der Waals surface area (Å²) in [5, 5.41) is 2.20. The van der Waals surface area contributed by atoms with E-state index in [0.29, 0.717) is 16.4 Å². The van der Waals surface area contributed by atoms with Gasteiger partial charge in [0.05, 0.1) is 40.9 Å². The second-order valence-corrected chi connectivity index (χ2v) is 6.62. The topological polar surface area (TPSA) is 13.1 Å². The Labute approximate surface area is 148 Å². The molecular weight excluding hydrogens is 420 g/mol. The number of halogens is 7. The highest BCUT2D eigenvalue weighted by atomic mass is 35.5. The molecule has 0 unspecified atom stereocenters. The predicted molar refractivity (Wildman–Crippen MR) is 88.8 cm³/mol. The third-order valence-electron chi connectivity index (χ3n) is 2.80. The van der Waals surface area contributed by atoms with Crippen LogP contribution in [0.4, 0.5) is 0 Å². The number of rotatable bonds is 0. The van der Waals surface area contributed by atoms with Crippen LogP contribution in [0.15, 0.2) is 10.5 Å². The molecule has 104 valence electrons. The molecule has 0 amide bonds. The van der Waals surface area contributed by atoms with Gasteiger partial charge in [0.2, 0.25) is 0 Å². The van der Waals surface area contributed by atoms with Gasteiger partial charge in [-0.25, -0.2) is 0 Å². The van der Waals surface area contributed by atoms with E-state index in [1.165, 1.54) is 6.07 Å². The van der Waals surface area contributed by atoms with E-state index in [1.807, 2.05) is 0 Å². The predicted octanol–water partition coefficient (Wildman–Crippen LogP) is 8.16. The van der Waals surface area contributed by atoms with Crippen LogP contribution in [0.25, 0.3) is 21.9 Å². The van der Waals surface area contributed by atoms with Gasteiger partial charge in [-0.05, 0) is 6.07 Å². The van der Waals surface area contributed by atoms with Crippen LogP contribution in [-0.4, -0.2) is 0 Å². The summed E-state index contributed by atoms with van der Waals surface area (Å²) < 4.78 is 5.63.